The zero-order valence-electron chi connectivity index (χ0n) is 17.6. The predicted molar refractivity (Wildman–Crippen MR) is 119 cm³/mol. The van der Waals surface area contributed by atoms with Crippen molar-refractivity contribution < 1.29 is 14.3 Å². The maximum atomic E-state index is 12.2. The number of nitrogens with zero attached hydrogens (tertiary/aromatic N) is 2. The van der Waals surface area contributed by atoms with E-state index in [2.05, 4.69) is 10.4 Å². The van der Waals surface area contributed by atoms with Gasteiger partial charge in [0.1, 0.15) is 5.75 Å². The second kappa shape index (κ2) is 10.3. The SMILES string of the molecule is CCOc1ccc(-c2ccc(=O)n(CCCC(=O)Nc3ccc(C(C)=O)cc3)n2)cc1. The van der Waals surface area contributed by atoms with E-state index in [1.165, 1.54) is 17.7 Å². The van der Waals surface area contributed by atoms with Crippen LogP contribution in [0.3, 0.4) is 0 Å². The average molecular weight is 419 g/mol. The Morgan fingerprint density at radius 1 is 1.00 bits per heavy atom. The third kappa shape index (κ3) is 6.12. The second-order valence-electron chi connectivity index (χ2n) is 7.02. The summed E-state index contributed by atoms with van der Waals surface area (Å²) in [5.41, 5.74) is 2.56. The molecule has 31 heavy (non-hydrogen) atoms. The van der Waals surface area contributed by atoms with Crippen LogP contribution in [0.2, 0.25) is 0 Å². The van der Waals surface area contributed by atoms with E-state index in [0.717, 1.165) is 11.3 Å². The first-order valence-electron chi connectivity index (χ1n) is 10.2. The molecule has 3 rings (SSSR count). The van der Waals surface area contributed by atoms with Gasteiger partial charge in [-0.2, -0.15) is 5.10 Å². The van der Waals surface area contributed by atoms with Gasteiger partial charge in [-0.3, -0.25) is 14.4 Å². The molecule has 0 aliphatic carbocycles. The molecule has 0 saturated heterocycles. The summed E-state index contributed by atoms with van der Waals surface area (Å²) >= 11 is 0. The first kappa shape index (κ1) is 22.0. The fourth-order valence-corrected chi connectivity index (χ4v) is 3.05. The Morgan fingerprint density at radius 3 is 2.35 bits per heavy atom. The molecule has 0 spiro atoms. The quantitative estimate of drug-likeness (QED) is 0.531. The summed E-state index contributed by atoms with van der Waals surface area (Å²) in [5.74, 6) is 0.594. The Kier molecular flexibility index (Phi) is 7.32. The van der Waals surface area contributed by atoms with Crippen molar-refractivity contribution in [1.29, 1.82) is 0 Å². The smallest absolute Gasteiger partial charge is 0.266 e. The minimum absolute atomic E-state index is 0.0247. The van der Waals surface area contributed by atoms with E-state index >= 15 is 0 Å². The molecule has 2 aromatic carbocycles. The highest BCUT2D eigenvalue weighted by Crippen LogP contribution is 2.20. The van der Waals surface area contributed by atoms with Crippen LogP contribution in [0, 0.1) is 0 Å². The van der Waals surface area contributed by atoms with Crippen molar-refractivity contribution in [2.45, 2.75) is 33.2 Å². The van der Waals surface area contributed by atoms with Crippen molar-refractivity contribution in [1.82, 2.24) is 9.78 Å². The zero-order chi connectivity index (χ0) is 22.2. The third-order valence-electron chi connectivity index (χ3n) is 4.68. The Morgan fingerprint density at radius 2 is 1.71 bits per heavy atom. The number of carbonyl (C=O) groups is 2. The molecule has 3 aromatic rings. The summed E-state index contributed by atoms with van der Waals surface area (Å²) in [7, 11) is 0. The highest BCUT2D eigenvalue weighted by Gasteiger charge is 2.07. The standard InChI is InChI=1S/C24H25N3O4/c1-3-31-21-12-8-19(9-13-21)22-14-15-24(30)27(26-22)16-4-5-23(29)25-20-10-6-18(7-11-20)17(2)28/h6-15H,3-5,16H2,1-2H3,(H,25,29). The fraction of sp³-hybridized carbons (Fsp3) is 0.250. The van der Waals surface area contributed by atoms with Gasteiger partial charge >= 0.3 is 0 Å². The number of nitrogens with one attached hydrogen (secondary N) is 1. The first-order chi connectivity index (χ1) is 15.0. The van der Waals surface area contributed by atoms with Crippen LogP contribution in [0.5, 0.6) is 5.75 Å². The van der Waals surface area contributed by atoms with Crippen molar-refractivity contribution in [3.63, 3.8) is 0 Å². The maximum absolute atomic E-state index is 12.2. The van der Waals surface area contributed by atoms with E-state index in [9.17, 15) is 14.4 Å². The van der Waals surface area contributed by atoms with Crippen LogP contribution in [-0.4, -0.2) is 28.1 Å². The topological polar surface area (TPSA) is 90.3 Å². The molecule has 1 N–H and O–H groups in total. The molecule has 0 atom stereocenters. The van der Waals surface area contributed by atoms with Crippen molar-refractivity contribution >= 4 is 17.4 Å². The monoisotopic (exact) mass is 419 g/mol. The lowest BCUT2D eigenvalue weighted by atomic mass is 10.1. The molecule has 0 aliphatic heterocycles. The minimum atomic E-state index is -0.213. The number of anilines is 1. The van der Waals surface area contributed by atoms with Gasteiger partial charge < -0.3 is 10.1 Å². The number of ether oxygens (including phenoxy) is 1. The number of ketones is 1. The largest absolute Gasteiger partial charge is 0.494 e. The summed E-state index contributed by atoms with van der Waals surface area (Å²) in [6.07, 6.45) is 0.715. The van der Waals surface area contributed by atoms with Crippen molar-refractivity contribution in [2.24, 2.45) is 0 Å². The van der Waals surface area contributed by atoms with Crippen LogP contribution in [-0.2, 0) is 11.3 Å². The van der Waals surface area contributed by atoms with Gasteiger partial charge in [0, 0.05) is 35.8 Å². The van der Waals surface area contributed by atoms with Crippen LogP contribution in [0.4, 0.5) is 5.69 Å². The number of Topliss-reactive ketones (excluding diaryl/α,β-unsaturated/α-hetero) is 1. The van der Waals surface area contributed by atoms with Crippen molar-refractivity contribution in [3.05, 3.63) is 76.6 Å². The Bertz CT molecular complexity index is 1100. The number of benzene rings is 2. The first-order valence-corrected chi connectivity index (χ1v) is 10.2. The molecule has 7 nitrogen and oxygen atoms in total. The van der Waals surface area contributed by atoms with Gasteiger partial charge in [-0.25, -0.2) is 4.68 Å². The number of amides is 1. The van der Waals surface area contributed by atoms with Crippen LogP contribution in [0.1, 0.15) is 37.0 Å². The molecule has 1 aromatic heterocycles. The second-order valence-corrected chi connectivity index (χ2v) is 7.02. The number of hydrogen-bond acceptors (Lipinski definition) is 5. The molecule has 1 amide bonds. The van der Waals surface area contributed by atoms with E-state index in [0.29, 0.717) is 36.5 Å². The molecular formula is C24H25N3O4. The summed E-state index contributed by atoms with van der Waals surface area (Å²) in [5, 5.41) is 7.22. The number of aryl methyl sites for hydroxylation is 1. The Labute approximate surface area is 180 Å². The van der Waals surface area contributed by atoms with Crippen LogP contribution < -0.4 is 15.6 Å². The molecule has 0 aliphatic rings. The van der Waals surface area contributed by atoms with E-state index in [1.807, 2.05) is 31.2 Å². The van der Waals surface area contributed by atoms with Gasteiger partial charge in [0.05, 0.1) is 12.3 Å². The molecule has 0 saturated carbocycles. The predicted octanol–water partition coefficient (Wildman–Crippen LogP) is 3.93. The number of aromatic nitrogens is 2. The minimum Gasteiger partial charge on any atom is -0.494 e. The van der Waals surface area contributed by atoms with Gasteiger partial charge in [0.2, 0.25) is 5.91 Å². The highest BCUT2D eigenvalue weighted by atomic mass is 16.5. The summed E-state index contributed by atoms with van der Waals surface area (Å²) < 4.78 is 6.82. The Balaban J connectivity index is 1.57. The molecule has 160 valence electrons. The summed E-state index contributed by atoms with van der Waals surface area (Å²) in [6, 6.07) is 17.4. The highest BCUT2D eigenvalue weighted by molar-refractivity contribution is 5.95. The lowest BCUT2D eigenvalue weighted by Crippen LogP contribution is -2.23. The van der Waals surface area contributed by atoms with Crippen molar-refractivity contribution in [2.75, 3.05) is 11.9 Å². The molecule has 7 heteroatoms. The lowest BCUT2D eigenvalue weighted by Gasteiger charge is -2.09. The van der Waals surface area contributed by atoms with Gasteiger partial charge in [-0.15, -0.1) is 0 Å². The van der Waals surface area contributed by atoms with Crippen LogP contribution in [0.15, 0.2) is 65.5 Å². The van der Waals surface area contributed by atoms with E-state index in [1.54, 1.807) is 30.3 Å². The fourth-order valence-electron chi connectivity index (χ4n) is 3.05. The van der Waals surface area contributed by atoms with Gasteiger partial charge in [0.25, 0.3) is 5.56 Å². The normalized spacial score (nSPS) is 10.5. The molecular weight excluding hydrogens is 394 g/mol. The molecule has 0 bridgehead atoms. The van der Waals surface area contributed by atoms with Crippen LogP contribution >= 0.6 is 0 Å². The molecule has 0 radical (unpaired) electrons. The van der Waals surface area contributed by atoms with E-state index < -0.39 is 0 Å². The van der Waals surface area contributed by atoms with E-state index in [-0.39, 0.29) is 23.7 Å². The average Bonchev–Trinajstić information content (AvgIpc) is 2.76. The zero-order valence-corrected chi connectivity index (χ0v) is 17.6. The molecule has 0 fully saturated rings. The lowest BCUT2D eigenvalue weighted by molar-refractivity contribution is -0.116. The number of carbonyl (C=O) groups excluding carboxylic acids is 2. The molecule has 0 unspecified atom stereocenters. The maximum Gasteiger partial charge on any atom is 0.266 e. The summed E-state index contributed by atoms with van der Waals surface area (Å²) in [6.45, 7) is 4.35. The van der Waals surface area contributed by atoms with E-state index in [4.69, 9.17) is 4.74 Å². The third-order valence-corrected chi connectivity index (χ3v) is 4.68. The number of rotatable bonds is 9. The van der Waals surface area contributed by atoms with Crippen LogP contribution in [0.25, 0.3) is 11.3 Å². The molecule has 1 heterocycles. The summed E-state index contributed by atoms with van der Waals surface area (Å²) in [4.78, 5) is 35.6. The van der Waals surface area contributed by atoms with Crippen molar-refractivity contribution in [3.8, 4) is 17.0 Å². The number of hydrogen-bond donors (Lipinski definition) is 1. The van der Waals surface area contributed by atoms with Gasteiger partial charge in [0.15, 0.2) is 5.78 Å². The van der Waals surface area contributed by atoms with Gasteiger partial charge in [-0.1, -0.05) is 0 Å². The van der Waals surface area contributed by atoms with Gasteiger partial charge in [-0.05, 0) is 74.9 Å². The Hall–Kier alpha value is -3.74.